The highest BCUT2D eigenvalue weighted by Gasteiger charge is 2.68. The maximum Gasteiger partial charge on any atom is 0.303 e. The third-order valence-electron chi connectivity index (χ3n) is 44.2. The Kier molecular flexibility index (Phi) is 24.0. The van der Waals surface area contributed by atoms with E-state index >= 15 is 0 Å². The lowest BCUT2D eigenvalue weighted by atomic mass is 9.44. The molecule has 10 heteroatoms. The van der Waals surface area contributed by atoms with E-state index in [4.69, 9.17) is 9.47 Å². The van der Waals surface area contributed by atoms with E-state index in [0.717, 1.165) is 190 Å². The summed E-state index contributed by atoms with van der Waals surface area (Å²) in [6.07, 6.45) is 54.0. The average molecular weight is 1640 g/mol. The molecule has 0 heterocycles. The molecule has 0 amide bonds. The first-order chi connectivity index (χ1) is 56.4. The van der Waals surface area contributed by atoms with Gasteiger partial charge in [-0.05, 0) is 403 Å². The van der Waals surface area contributed by atoms with Gasteiger partial charge in [-0.15, -0.1) is 0 Å². The SMILES string of the molecule is CC(=O)O[C@@H]1/C(=C/c2ccccc2)C[C@@H]2[C@H]3CC[C@@H]4C[C@@H](C)CC[C@@]4(C)[C@@H]3CC[C@@]12C.CC(=O)O[C@@H]1C(=O)C[C@@H]2[C@H]3CC[C@@H]4C[C@@H](C)CC[C@@]4(C)[C@@H]3CC[C@@]12C.C[C@@]12CC[C@@H]3[C@H](CC[C@@H]4C[C@@H](O)CC[C@]43C)[C@H]1CC(=O)C2.C[C@@]12CC[C@H](O)C[C@H]1CC[C@H]1[C@H]2CC[C@@]2(C)C(=O)CC[C@H]12.C[C@H]1CC[C@]2(C)[C@H](CC[C@@H]3[C@H]4CC(=O)C[C@]4(C)CC[C@H]32)C1. The molecule has 10 nitrogen and oxygen atoms in total. The number of rotatable bonds is 3. The molecule has 20 saturated carbocycles. The van der Waals surface area contributed by atoms with E-state index in [0.29, 0.717) is 91.3 Å². The van der Waals surface area contributed by atoms with Crippen LogP contribution >= 0.6 is 0 Å². The van der Waals surface area contributed by atoms with Gasteiger partial charge in [0, 0.05) is 68.6 Å². The molecule has 1 aromatic carbocycles. The average Bonchev–Trinajstić information content (AvgIpc) is 1.71. The van der Waals surface area contributed by atoms with Gasteiger partial charge in [0.15, 0.2) is 11.9 Å². The minimum Gasteiger partial charge on any atom is -0.457 e. The molecule has 21 rings (SSSR count). The van der Waals surface area contributed by atoms with Gasteiger partial charge in [0.25, 0.3) is 0 Å². The van der Waals surface area contributed by atoms with Gasteiger partial charge < -0.3 is 19.7 Å². The second-order valence-corrected chi connectivity index (χ2v) is 50.0. The molecule has 20 aliphatic carbocycles. The summed E-state index contributed by atoms with van der Waals surface area (Å²) in [5.74, 6) is 19.5. The highest BCUT2D eigenvalue weighted by atomic mass is 16.6. The van der Waals surface area contributed by atoms with Gasteiger partial charge in [0.2, 0.25) is 0 Å². The Labute approximate surface area is 721 Å². The van der Waals surface area contributed by atoms with Crippen LogP contribution < -0.4 is 0 Å². The molecule has 119 heavy (non-hydrogen) atoms. The van der Waals surface area contributed by atoms with Crippen LogP contribution in [0.1, 0.15) is 386 Å². The maximum atomic E-state index is 12.7. The minimum atomic E-state index is -0.493. The van der Waals surface area contributed by atoms with Crippen molar-refractivity contribution < 1.29 is 48.5 Å². The number of hydrogen-bond acceptors (Lipinski definition) is 10. The van der Waals surface area contributed by atoms with Gasteiger partial charge in [-0.2, -0.15) is 0 Å². The minimum absolute atomic E-state index is 0.0124. The summed E-state index contributed by atoms with van der Waals surface area (Å²) in [6.45, 7) is 35.0. The highest BCUT2D eigenvalue weighted by Crippen LogP contribution is 2.73. The molecule has 1 aromatic rings. The maximum absolute atomic E-state index is 12.7. The van der Waals surface area contributed by atoms with Crippen LogP contribution in [0.3, 0.4) is 0 Å². The van der Waals surface area contributed by atoms with Crippen molar-refractivity contribution in [3.8, 4) is 0 Å². The van der Waals surface area contributed by atoms with E-state index in [1.807, 2.05) is 0 Å². The number of ether oxygens (including phenoxy) is 2. The number of Topliss-reactive ketones (excluding diaryl/α,β-unsaturated/α-hetero) is 4. The lowest BCUT2D eigenvalue weighted by Gasteiger charge is -2.60. The highest BCUT2D eigenvalue weighted by molar-refractivity contribution is 5.89. The summed E-state index contributed by atoms with van der Waals surface area (Å²) in [6, 6.07) is 10.6. The van der Waals surface area contributed by atoms with Crippen molar-refractivity contribution in [3.63, 3.8) is 0 Å². The van der Waals surface area contributed by atoms with E-state index in [1.54, 1.807) is 6.92 Å². The third-order valence-corrected chi connectivity index (χ3v) is 44.2. The van der Waals surface area contributed by atoms with Gasteiger partial charge in [0.05, 0.1) is 12.2 Å². The van der Waals surface area contributed by atoms with E-state index in [1.165, 1.54) is 204 Å². The van der Waals surface area contributed by atoms with Gasteiger partial charge in [-0.3, -0.25) is 28.8 Å². The quantitative estimate of drug-likeness (QED) is 0.279. The number of aliphatic hydroxyl groups excluding tert-OH is 2. The van der Waals surface area contributed by atoms with Crippen LogP contribution in [0.4, 0.5) is 0 Å². The molecule has 20 aliphatic rings. The van der Waals surface area contributed by atoms with Crippen LogP contribution in [0, 0.1) is 190 Å². The van der Waals surface area contributed by atoms with E-state index in [-0.39, 0.29) is 52.3 Å². The molecule has 0 spiro atoms. The zero-order valence-electron chi connectivity index (χ0n) is 77.6. The number of aliphatic hydroxyl groups is 2. The first-order valence-electron chi connectivity index (χ1n) is 50.9. The fourth-order valence-corrected chi connectivity index (χ4v) is 37.5. The molecule has 2 N–H and O–H groups in total. The fraction of sp³-hybridized carbons (Fsp3) is 0.872. The second-order valence-electron chi connectivity index (χ2n) is 50.0. The Hall–Kier alpha value is -3.50. The summed E-state index contributed by atoms with van der Waals surface area (Å²) in [4.78, 5) is 72.9. The van der Waals surface area contributed by atoms with Gasteiger partial charge in [-0.25, -0.2) is 0 Å². The lowest BCUT2D eigenvalue weighted by Crippen LogP contribution is -2.54. The van der Waals surface area contributed by atoms with Gasteiger partial charge in [-0.1, -0.05) is 146 Å². The molecule has 0 unspecified atom stereocenters. The largest absolute Gasteiger partial charge is 0.457 e. The van der Waals surface area contributed by atoms with Crippen molar-refractivity contribution in [2.45, 2.75) is 404 Å². The molecule has 662 valence electrons. The second kappa shape index (κ2) is 32.7. The Bertz CT molecular complexity index is 3810. The number of fused-ring (bicyclic) bond motifs is 25. The monoisotopic (exact) mass is 1640 g/mol. The summed E-state index contributed by atoms with van der Waals surface area (Å²) in [5.41, 5.74) is 5.70. The lowest BCUT2D eigenvalue weighted by molar-refractivity contribution is -0.165. The standard InChI is InChI=1S/C29H40O2.C22H34O3.C20H32O.2C19H30O2/c1-19-12-14-28(3)23(16-19)10-11-24-25(28)13-15-29(4)26(24)18-22(27(29)31-20(2)30)17-21-8-6-5-7-9-21;1-13-7-9-21(3)15(11-13)5-6-16-17(21)8-10-22(4)18(16)12-19(24)20(22)25-14(2)23;1-13-6-9-20(3)14(10-13)4-5-16-17(20)7-8-19(2)12-15(21)11-18(16)19;1-18-7-6-16-15(17(18)10-14(21)11-18)4-3-12-9-13(20)5-8-19(12,16)2;1-18-9-7-13(20)11-12(18)3-4-14-15-5-6-17(21)19(15,2)10-8-16(14)18/h5-9,17,19,23-27H,10-16,18H2,1-4H3;13,15-18,20H,5-12H2,1-4H3;13-14,16-18H,4-12H2,1-3H3;12-13,15-17,20H,3-11H2,1-2H3;12-16,20H,3-11H2,1-2H3/b22-17+;;;;/t19-,23+,24-,25+,26+,27+,28+,29+;13-,15+,16-,17+,18+,20+,21+,22+;13-,14+,16-,17+,18+,19-,20+;12-,13+,15+,16-,17-,18+,19-;12-,13+,14-,15-,16-,18-,19-/m00011/s1. The van der Waals surface area contributed by atoms with E-state index in [2.05, 4.69) is 126 Å². The Morgan fingerprint density at radius 1 is 0.353 bits per heavy atom. The van der Waals surface area contributed by atoms with Gasteiger partial charge in [0.1, 0.15) is 23.5 Å². The zero-order chi connectivity index (χ0) is 84.3. The van der Waals surface area contributed by atoms with Crippen molar-refractivity contribution in [2.24, 2.45) is 190 Å². The summed E-state index contributed by atoms with van der Waals surface area (Å²) >= 11 is 0. The first-order valence-corrected chi connectivity index (χ1v) is 50.9. The number of benzene rings is 1. The van der Waals surface area contributed by atoms with E-state index in [9.17, 15) is 39.0 Å². The Balaban J connectivity index is 0.000000107. The fourth-order valence-electron chi connectivity index (χ4n) is 37.5. The first kappa shape index (κ1) is 87.6. The molecular weight excluding hydrogens is 1470 g/mol. The topological polar surface area (TPSA) is 161 Å². The summed E-state index contributed by atoms with van der Waals surface area (Å²) in [7, 11) is 0. The van der Waals surface area contributed by atoms with E-state index < -0.39 is 6.10 Å². The molecule has 20 fully saturated rings. The van der Waals surface area contributed by atoms with Crippen LogP contribution in [0.2, 0.25) is 0 Å². The number of carbonyl (C=O) groups excluding carboxylic acids is 6. The Morgan fingerprint density at radius 2 is 0.697 bits per heavy atom. The number of esters is 2. The van der Waals surface area contributed by atoms with Crippen LogP contribution in [0.25, 0.3) is 6.08 Å². The summed E-state index contributed by atoms with van der Waals surface area (Å²) in [5, 5.41) is 20.1. The zero-order valence-corrected chi connectivity index (χ0v) is 77.6. The predicted molar refractivity (Wildman–Crippen MR) is 474 cm³/mol. The van der Waals surface area contributed by atoms with Crippen LogP contribution in [0.15, 0.2) is 35.9 Å². The van der Waals surface area contributed by atoms with Crippen molar-refractivity contribution >= 4 is 41.1 Å². The summed E-state index contributed by atoms with van der Waals surface area (Å²) < 4.78 is 11.6. The predicted octanol–water partition coefficient (Wildman–Crippen LogP) is 25.2. The van der Waals surface area contributed by atoms with Crippen molar-refractivity contribution in [1.82, 2.24) is 0 Å². The molecular formula is C109H166O10. The molecule has 0 aromatic heterocycles. The third kappa shape index (κ3) is 15.2. The normalized spacial score (nSPS) is 52.7. The number of ketones is 4. The van der Waals surface area contributed by atoms with Gasteiger partial charge >= 0.3 is 11.9 Å². The Morgan fingerprint density at radius 3 is 1.12 bits per heavy atom. The van der Waals surface area contributed by atoms with Crippen LogP contribution in [-0.2, 0) is 38.2 Å². The number of hydrogen-bond donors (Lipinski definition) is 2. The molecule has 37 atom stereocenters. The van der Waals surface area contributed by atoms with Crippen molar-refractivity contribution in [3.05, 3.63) is 41.5 Å². The number of carbonyl (C=O) groups is 6. The molecule has 0 aliphatic heterocycles. The molecule has 0 bridgehead atoms. The van der Waals surface area contributed by atoms with Crippen molar-refractivity contribution in [1.29, 1.82) is 0 Å². The van der Waals surface area contributed by atoms with Crippen LogP contribution in [0.5, 0.6) is 0 Å². The van der Waals surface area contributed by atoms with Crippen LogP contribution in [-0.4, -0.2) is 69.7 Å². The molecule has 0 saturated heterocycles. The van der Waals surface area contributed by atoms with Crippen molar-refractivity contribution in [2.75, 3.05) is 0 Å². The molecule has 0 radical (unpaired) electrons. The smallest absolute Gasteiger partial charge is 0.303 e.